The zero-order valence-electron chi connectivity index (χ0n) is 53.0. The summed E-state index contributed by atoms with van der Waals surface area (Å²) in [7, 11) is 1.17. The van der Waals surface area contributed by atoms with Gasteiger partial charge in [-0.25, -0.2) is 28.8 Å². The Morgan fingerprint density at radius 1 is 0.327 bits per heavy atom. The Labute approximate surface area is 612 Å². The number of hydrogen-bond donors (Lipinski definition) is 0. The van der Waals surface area contributed by atoms with Crippen LogP contribution < -0.4 is 37.9 Å². The van der Waals surface area contributed by atoms with E-state index in [-0.39, 0.29) is 153 Å². The van der Waals surface area contributed by atoms with E-state index in [9.17, 15) is 47.9 Å². The fraction of sp³-hybridized carbons (Fsp3) is 0.325. The number of carbonyl (C=O) groups excluding carboxylic acids is 10. The van der Waals surface area contributed by atoms with Crippen LogP contribution in [0.2, 0.25) is 0 Å². The fourth-order valence-electron chi connectivity index (χ4n) is 7.91. The third kappa shape index (κ3) is 37.6. The summed E-state index contributed by atoms with van der Waals surface area (Å²) in [5, 5.41) is 0. The minimum atomic E-state index is -0.781. The second-order valence-electron chi connectivity index (χ2n) is 19.8. The molecule has 6 aromatic rings. The first kappa shape index (κ1) is 98.6. The van der Waals surface area contributed by atoms with Crippen LogP contribution in [0.1, 0.15) is 154 Å². The number of hydrogen-bond acceptors (Lipinski definition) is 24. The number of unbranched alkanes of at least 4 members (excludes halogenated alkanes) is 2. The van der Waals surface area contributed by atoms with Crippen molar-refractivity contribution >= 4 is 59.7 Å². The van der Waals surface area contributed by atoms with Gasteiger partial charge >= 0.3 is 59.7 Å². The number of methoxy groups -OCH3 is 1. The monoisotopic (exact) mass is 1450 g/mol. The molecule has 0 spiro atoms. The molecule has 24 heteroatoms. The maximum atomic E-state index is 13.0. The molecule has 0 amide bonds. The molecular weight excluding hydrogens is 1340 g/mol. The summed E-state index contributed by atoms with van der Waals surface area (Å²) in [4.78, 5) is 120. The lowest BCUT2D eigenvalue weighted by atomic mass is 10.1. The molecule has 568 valence electrons. The van der Waals surface area contributed by atoms with E-state index >= 15 is 0 Å². The van der Waals surface area contributed by atoms with Crippen LogP contribution in [0.5, 0.6) is 46.0 Å². The van der Waals surface area contributed by atoms with E-state index in [1.54, 1.807) is 97.1 Å². The molecule has 0 bridgehead atoms. The van der Waals surface area contributed by atoms with Crippen molar-refractivity contribution in [3.63, 3.8) is 0 Å². The quantitative estimate of drug-likeness (QED) is 0.00868. The first-order chi connectivity index (χ1) is 46.4. The van der Waals surface area contributed by atoms with Gasteiger partial charge in [0.25, 0.3) is 0 Å². The Morgan fingerprint density at radius 2 is 0.587 bits per heavy atom. The smallest absolute Gasteiger partial charge is 0.342 e. The minimum absolute atomic E-state index is 0. The molecule has 0 aliphatic rings. The Balaban J connectivity index is -0.000000895. The van der Waals surface area contributed by atoms with Crippen LogP contribution in [0, 0.1) is 0 Å². The first-order valence-corrected chi connectivity index (χ1v) is 29.8. The predicted octanol–water partition coefficient (Wildman–Crippen LogP) is 16.0. The lowest BCUT2D eigenvalue weighted by molar-refractivity contribution is -0.145. The summed E-state index contributed by atoms with van der Waals surface area (Å²) < 4.78 is 72.4. The van der Waals surface area contributed by atoms with E-state index < -0.39 is 59.7 Å². The maximum Gasteiger partial charge on any atom is 0.342 e. The van der Waals surface area contributed by atoms with Crippen LogP contribution >= 0.6 is 0 Å². The third-order valence-electron chi connectivity index (χ3n) is 13.0. The highest BCUT2D eigenvalue weighted by atomic mass is 16.7. The van der Waals surface area contributed by atoms with E-state index in [1.807, 2.05) is 6.92 Å². The molecule has 0 unspecified atom stereocenters. The maximum absolute atomic E-state index is 13.0. The molecule has 104 heavy (non-hydrogen) atoms. The summed E-state index contributed by atoms with van der Waals surface area (Å²) in [6, 6.07) is 35.6. The van der Waals surface area contributed by atoms with E-state index in [0.29, 0.717) is 55.1 Å². The average Bonchev–Trinajstić information content (AvgIpc) is 0.839. The number of aryl methyl sites for hydroxylation is 4. The number of benzene rings is 6. The molecule has 0 atom stereocenters. The van der Waals surface area contributed by atoms with Gasteiger partial charge in [-0.3, -0.25) is 19.2 Å². The standard InChI is InChI=1S/C38H40O12.C34H32O12.8CH4/c1-4-7-8-23-44-38(43)32-24-31(49-36(41)21-13-27-9-15-29(16-10-27)45-25-47-34(39)5-2)19-20-33(32)50-37(42)22-14-28-11-17-30(18-12-28)46-26-48-35(40)6-3;1-4-30(35)43-21-41-25-12-6-23(7-13-25)10-18-32(37)45-27-16-17-29(28(20-27)34(39)40-3)46-33(38)19-11-24-8-14-26(15-9-24)42-22-44-31(36)5-2;;;;;;;;/h5-6,9-12,15-20,24H,2-4,7-8,13-14,21-23,25-26H2,1H3;4-9,12-17,20H,1-2,10-11,18-19,21-22H2,3H3;8*1H4. The van der Waals surface area contributed by atoms with Crippen LogP contribution in [-0.4, -0.2) is 101 Å². The normalized spacial score (nSPS) is 9.40. The fourth-order valence-corrected chi connectivity index (χ4v) is 7.91. The third-order valence-corrected chi connectivity index (χ3v) is 13.0. The summed E-state index contributed by atoms with van der Waals surface area (Å²) in [6.07, 6.45) is 8.14. The molecule has 0 aliphatic heterocycles. The molecular formula is C80H104O24. The van der Waals surface area contributed by atoms with E-state index in [1.165, 1.54) is 43.5 Å². The van der Waals surface area contributed by atoms with Gasteiger partial charge in [-0.05, 0) is 139 Å². The van der Waals surface area contributed by atoms with Gasteiger partial charge in [0.05, 0.1) is 13.7 Å². The Hall–Kier alpha value is -11.8. The van der Waals surface area contributed by atoms with Crippen molar-refractivity contribution in [1.82, 2.24) is 0 Å². The average molecular weight is 1450 g/mol. The highest BCUT2D eigenvalue weighted by Gasteiger charge is 2.22. The van der Waals surface area contributed by atoms with E-state index in [4.69, 9.17) is 66.3 Å². The summed E-state index contributed by atoms with van der Waals surface area (Å²) >= 11 is 0. The number of rotatable bonds is 38. The summed E-state index contributed by atoms with van der Waals surface area (Å²) in [5.74, 6) is -4.15. The van der Waals surface area contributed by atoms with Gasteiger partial charge in [-0.1, -0.05) is 154 Å². The SMILES string of the molecule is C.C.C.C.C.C.C.C.C=CC(=O)OCOc1ccc(CCC(=O)Oc2ccc(OC(=O)CCc3ccc(OCOC(=O)C=C)cc3)c(C(=O)OC)c2)cc1.C=CC(=O)OCOc1ccc(CCC(=O)Oc2ccc(OC(=O)CCc3ccc(OCOC(=O)C=C)cc3)c(C(=O)OCCCCC)c2)cc1. The molecule has 6 aromatic carbocycles. The highest BCUT2D eigenvalue weighted by molar-refractivity contribution is 5.95. The Bertz CT molecular complexity index is 3630. The summed E-state index contributed by atoms with van der Waals surface area (Å²) in [5.41, 5.74) is 3.18. The lowest BCUT2D eigenvalue weighted by Crippen LogP contribution is -2.15. The summed E-state index contributed by atoms with van der Waals surface area (Å²) in [6.45, 7) is 14.4. The largest absolute Gasteiger partial charge is 0.465 e. The molecule has 0 saturated carbocycles. The number of esters is 10. The van der Waals surface area contributed by atoms with Crippen molar-refractivity contribution in [2.24, 2.45) is 0 Å². The van der Waals surface area contributed by atoms with Crippen LogP contribution in [-0.2, 0) is 92.5 Å². The van der Waals surface area contributed by atoms with Gasteiger partial charge in [-0.2, -0.15) is 0 Å². The van der Waals surface area contributed by atoms with Gasteiger partial charge in [0.2, 0.25) is 27.2 Å². The van der Waals surface area contributed by atoms with Crippen molar-refractivity contribution in [3.8, 4) is 46.0 Å². The molecule has 24 nitrogen and oxygen atoms in total. The van der Waals surface area contributed by atoms with E-state index in [0.717, 1.165) is 59.4 Å². The zero-order valence-corrected chi connectivity index (χ0v) is 53.0. The molecule has 0 aliphatic carbocycles. The van der Waals surface area contributed by atoms with Gasteiger partial charge in [0.1, 0.15) is 57.1 Å². The van der Waals surface area contributed by atoms with Crippen LogP contribution in [0.3, 0.4) is 0 Å². The predicted molar refractivity (Wildman–Crippen MR) is 397 cm³/mol. The van der Waals surface area contributed by atoms with Crippen LogP contribution in [0.25, 0.3) is 0 Å². The zero-order chi connectivity index (χ0) is 69.5. The second-order valence-corrected chi connectivity index (χ2v) is 19.8. The van der Waals surface area contributed by atoms with Gasteiger partial charge < -0.3 is 66.3 Å². The van der Waals surface area contributed by atoms with Gasteiger partial charge in [-0.15, -0.1) is 0 Å². The van der Waals surface area contributed by atoms with Crippen molar-refractivity contribution in [2.45, 2.75) is 137 Å². The van der Waals surface area contributed by atoms with Crippen LogP contribution in [0.4, 0.5) is 0 Å². The van der Waals surface area contributed by atoms with Crippen molar-refractivity contribution in [1.29, 1.82) is 0 Å². The molecule has 6 rings (SSSR count). The minimum Gasteiger partial charge on any atom is -0.465 e. The van der Waals surface area contributed by atoms with Crippen LogP contribution in [0.15, 0.2) is 184 Å². The van der Waals surface area contributed by atoms with Crippen molar-refractivity contribution in [2.75, 3.05) is 40.9 Å². The number of ether oxygens (including phenoxy) is 14. The molecule has 0 heterocycles. The second kappa shape index (κ2) is 54.9. The van der Waals surface area contributed by atoms with Crippen molar-refractivity contribution < 1.29 is 114 Å². The first-order valence-electron chi connectivity index (χ1n) is 29.8. The molecule has 0 aromatic heterocycles. The molecule has 0 saturated heterocycles. The highest BCUT2D eigenvalue weighted by Crippen LogP contribution is 2.29. The molecule has 0 fully saturated rings. The van der Waals surface area contributed by atoms with Gasteiger partial charge in [0.15, 0.2) is 0 Å². The molecule has 0 radical (unpaired) electrons. The van der Waals surface area contributed by atoms with E-state index in [2.05, 4.69) is 26.3 Å². The van der Waals surface area contributed by atoms with Gasteiger partial charge in [0, 0.05) is 50.0 Å². The molecule has 0 N–H and O–H groups in total. The Morgan fingerprint density at radius 3 is 0.846 bits per heavy atom. The number of carbonyl (C=O) groups is 10. The Kier molecular flexibility index (Phi) is 52.1. The lowest BCUT2D eigenvalue weighted by Gasteiger charge is -2.13. The topological polar surface area (TPSA) is 300 Å². The van der Waals surface area contributed by atoms with Crippen molar-refractivity contribution in [3.05, 3.63) is 217 Å².